The minimum absolute atomic E-state index is 0.0381. The summed E-state index contributed by atoms with van der Waals surface area (Å²) >= 11 is 6.98. The summed E-state index contributed by atoms with van der Waals surface area (Å²) in [5, 5.41) is 2.96. The van der Waals surface area contributed by atoms with Gasteiger partial charge in [-0.1, -0.05) is 18.0 Å². The topological polar surface area (TPSA) is 72.5 Å². The molecule has 7 heteroatoms. The molecule has 2 fully saturated rings. The first-order valence-electron chi connectivity index (χ1n) is 9.16. The van der Waals surface area contributed by atoms with Gasteiger partial charge in [0, 0.05) is 12.5 Å². The molecule has 0 unspecified atom stereocenters. The van der Waals surface area contributed by atoms with E-state index in [4.69, 9.17) is 16.3 Å². The fraction of sp³-hybridized carbons (Fsp3) is 0.632. The molecule has 0 aliphatic heterocycles. The van der Waals surface area contributed by atoms with Crippen LogP contribution in [0.15, 0.2) is 12.1 Å². The Balaban J connectivity index is 1.33. The molecule has 2 aliphatic rings. The average Bonchev–Trinajstić information content (AvgIpc) is 3.34. The molecule has 142 valence electrons. The molecule has 2 bridgehead atoms. The molecule has 0 radical (unpaired) electrons. The van der Waals surface area contributed by atoms with Crippen LogP contribution in [0.2, 0.25) is 4.34 Å². The van der Waals surface area contributed by atoms with Crippen molar-refractivity contribution in [3.63, 3.8) is 0 Å². The maximum absolute atomic E-state index is 12.0. The van der Waals surface area contributed by atoms with Crippen LogP contribution in [0.5, 0.6) is 0 Å². The third kappa shape index (κ3) is 4.86. The Hall–Kier alpha value is -1.40. The lowest BCUT2D eigenvalue weighted by atomic mass is 9.84. The van der Waals surface area contributed by atoms with E-state index in [9.17, 15) is 14.4 Å². The molecular weight excluding hydrogens is 374 g/mol. The number of halogens is 1. The molecule has 2 saturated carbocycles. The Bertz CT molecular complexity index is 689. The van der Waals surface area contributed by atoms with Crippen molar-refractivity contribution < 1.29 is 19.1 Å². The highest BCUT2D eigenvalue weighted by Crippen LogP contribution is 2.49. The third-order valence-corrected chi connectivity index (χ3v) is 6.86. The summed E-state index contributed by atoms with van der Waals surface area (Å²) in [6.45, 7) is 1.75. The molecular formula is C19H24ClNO4S. The number of Topliss-reactive ketones (excluding diaryl/α,β-unsaturated/α-hetero) is 1. The summed E-state index contributed by atoms with van der Waals surface area (Å²) in [7, 11) is 0. The second-order valence-electron chi connectivity index (χ2n) is 7.38. The van der Waals surface area contributed by atoms with E-state index in [-0.39, 0.29) is 37.2 Å². The van der Waals surface area contributed by atoms with Crippen molar-refractivity contribution in [2.75, 3.05) is 6.61 Å². The highest BCUT2D eigenvalue weighted by molar-refractivity contribution is 7.18. The van der Waals surface area contributed by atoms with E-state index >= 15 is 0 Å². The van der Waals surface area contributed by atoms with Crippen LogP contribution < -0.4 is 5.32 Å². The van der Waals surface area contributed by atoms with Gasteiger partial charge in [-0.2, -0.15) is 0 Å². The van der Waals surface area contributed by atoms with Gasteiger partial charge in [0.15, 0.2) is 12.4 Å². The Kier molecular flexibility index (Phi) is 6.35. The first-order valence-corrected chi connectivity index (χ1v) is 10.4. The van der Waals surface area contributed by atoms with E-state index < -0.39 is 5.97 Å². The number of hydrogen-bond acceptors (Lipinski definition) is 5. The number of ketones is 1. The zero-order valence-corrected chi connectivity index (χ0v) is 16.4. The highest BCUT2D eigenvalue weighted by atomic mass is 35.5. The highest BCUT2D eigenvalue weighted by Gasteiger charge is 2.42. The number of thiophene rings is 1. The minimum Gasteiger partial charge on any atom is -0.456 e. The van der Waals surface area contributed by atoms with Crippen molar-refractivity contribution in [2.45, 2.75) is 51.5 Å². The van der Waals surface area contributed by atoms with Gasteiger partial charge in [-0.3, -0.25) is 14.4 Å². The lowest BCUT2D eigenvalue weighted by molar-refractivity contribution is -0.148. The van der Waals surface area contributed by atoms with Gasteiger partial charge in [0.05, 0.1) is 15.6 Å². The summed E-state index contributed by atoms with van der Waals surface area (Å²) in [6, 6.07) is 3.41. The van der Waals surface area contributed by atoms with Crippen LogP contribution in [0.25, 0.3) is 0 Å². The maximum atomic E-state index is 12.0. The molecule has 3 rings (SSSR count). The summed E-state index contributed by atoms with van der Waals surface area (Å²) in [5.41, 5.74) is 0. The van der Waals surface area contributed by atoms with Crippen molar-refractivity contribution >= 4 is 40.6 Å². The van der Waals surface area contributed by atoms with Gasteiger partial charge >= 0.3 is 5.97 Å². The number of carbonyl (C=O) groups excluding carboxylic acids is 3. The molecule has 1 N–H and O–H groups in total. The standard InChI is InChI=1S/C19H24ClNO4S/c1-11(14-9-12-2-3-13(14)8-12)21-18(23)10-25-19(24)7-4-15(22)16-5-6-17(20)26-16/h5-6,11-14H,2-4,7-10H2,1H3,(H,21,23)/t11-,12+,13+,14-/m0/s1. The van der Waals surface area contributed by atoms with Crippen molar-refractivity contribution in [3.8, 4) is 0 Å². The largest absolute Gasteiger partial charge is 0.456 e. The molecule has 1 aromatic rings. The summed E-state index contributed by atoms with van der Waals surface area (Å²) in [4.78, 5) is 36.2. The van der Waals surface area contributed by atoms with Gasteiger partial charge in [-0.05, 0) is 56.1 Å². The number of carbonyl (C=O) groups is 3. The monoisotopic (exact) mass is 397 g/mol. The van der Waals surface area contributed by atoms with Crippen LogP contribution in [0.1, 0.15) is 55.1 Å². The smallest absolute Gasteiger partial charge is 0.306 e. The van der Waals surface area contributed by atoms with Crippen LogP contribution in [0.3, 0.4) is 0 Å². The molecule has 0 spiro atoms. The van der Waals surface area contributed by atoms with Gasteiger partial charge < -0.3 is 10.1 Å². The van der Waals surface area contributed by atoms with Gasteiger partial charge in [0.25, 0.3) is 5.91 Å². The summed E-state index contributed by atoms with van der Waals surface area (Å²) in [6.07, 6.45) is 5.11. The molecule has 26 heavy (non-hydrogen) atoms. The molecule has 5 nitrogen and oxygen atoms in total. The molecule has 0 saturated heterocycles. The van der Waals surface area contributed by atoms with E-state index in [1.807, 2.05) is 6.92 Å². The number of fused-ring (bicyclic) bond motifs is 2. The number of amides is 1. The van der Waals surface area contributed by atoms with Gasteiger partial charge in [0.2, 0.25) is 0 Å². The Morgan fingerprint density at radius 2 is 2.08 bits per heavy atom. The zero-order chi connectivity index (χ0) is 18.7. The average molecular weight is 398 g/mol. The SMILES string of the molecule is C[C@H](NC(=O)COC(=O)CCC(=O)c1ccc(Cl)s1)[C@@H]1C[C@@H]2CC[C@@H]1C2. The minimum atomic E-state index is -0.538. The van der Waals surface area contributed by atoms with Gasteiger partial charge in [0.1, 0.15) is 0 Å². The quantitative estimate of drug-likeness (QED) is 0.534. The van der Waals surface area contributed by atoms with Crippen LogP contribution in [-0.2, 0) is 14.3 Å². The van der Waals surface area contributed by atoms with E-state index in [0.717, 1.165) is 11.8 Å². The van der Waals surface area contributed by atoms with Crippen LogP contribution in [-0.4, -0.2) is 30.3 Å². The summed E-state index contributed by atoms with van der Waals surface area (Å²) < 4.78 is 5.53. The zero-order valence-electron chi connectivity index (χ0n) is 14.8. The van der Waals surface area contributed by atoms with E-state index in [0.29, 0.717) is 15.1 Å². The third-order valence-electron chi connectivity index (χ3n) is 5.59. The number of nitrogens with one attached hydrogen (secondary N) is 1. The Morgan fingerprint density at radius 1 is 1.27 bits per heavy atom. The Labute approximate surface area is 162 Å². The van der Waals surface area contributed by atoms with Crippen molar-refractivity contribution in [1.29, 1.82) is 0 Å². The van der Waals surface area contributed by atoms with Gasteiger partial charge in [-0.25, -0.2) is 0 Å². The van der Waals surface area contributed by atoms with E-state index in [1.165, 1.54) is 37.0 Å². The van der Waals surface area contributed by atoms with E-state index in [1.54, 1.807) is 12.1 Å². The molecule has 1 amide bonds. The van der Waals surface area contributed by atoms with Crippen molar-refractivity contribution in [2.24, 2.45) is 17.8 Å². The van der Waals surface area contributed by atoms with Crippen LogP contribution >= 0.6 is 22.9 Å². The number of hydrogen-bond donors (Lipinski definition) is 1. The second-order valence-corrected chi connectivity index (χ2v) is 9.10. The number of ether oxygens (including phenoxy) is 1. The predicted octanol–water partition coefficient (Wildman–Crippen LogP) is 3.85. The maximum Gasteiger partial charge on any atom is 0.306 e. The van der Waals surface area contributed by atoms with Crippen molar-refractivity contribution in [1.82, 2.24) is 5.32 Å². The second kappa shape index (κ2) is 8.53. The first-order chi connectivity index (χ1) is 12.4. The number of esters is 1. The fourth-order valence-electron chi connectivity index (χ4n) is 4.33. The van der Waals surface area contributed by atoms with Crippen LogP contribution in [0.4, 0.5) is 0 Å². The molecule has 0 aromatic carbocycles. The summed E-state index contributed by atoms with van der Waals surface area (Å²) in [5.74, 6) is 1.15. The molecule has 4 atom stereocenters. The van der Waals surface area contributed by atoms with E-state index in [2.05, 4.69) is 5.32 Å². The van der Waals surface area contributed by atoms with Crippen molar-refractivity contribution in [3.05, 3.63) is 21.3 Å². The number of rotatable bonds is 8. The molecule has 2 aliphatic carbocycles. The van der Waals surface area contributed by atoms with Crippen LogP contribution in [0, 0.1) is 17.8 Å². The Morgan fingerprint density at radius 3 is 2.69 bits per heavy atom. The first kappa shape index (κ1) is 19.4. The predicted molar refractivity (Wildman–Crippen MR) is 100 cm³/mol. The molecule has 1 heterocycles. The normalized spacial score (nSPS) is 25.1. The fourth-order valence-corrected chi connectivity index (χ4v) is 5.34. The van der Waals surface area contributed by atoms with Gasteiger partial charge in [-0.15, -0.1) is 11.3 Å². The molecule has 1 aromatic heterocycles. The lowest BCUT2D eigenvalue weighted by Crippen LogP contribution is -2.42. The lowest BCUT2D eigenvalue weighted by Gasteiger charge is -2.28.